The van der Waals surface area contributed by atoms with Gasteiger partial charge in [0.1, 0.15) is 0 Å². The van der Waals surface area contributed by atoms with Gasteiger partial charge in [0.05, 0.1) is 21.7 Å². The summed E-state index contributed by atoms with van der Waals surface area (Å²) in [5, 5.41) is 4.17. The molecule has 0 aromatic heterocycles. The Hall–Kier alpha value is -1.26. The van der Waals surface area contributed by atoms with Gasteiger partial charge in [-0.2, -0.15) is 0 Å². The SMILES string of the molecule is CN(C)C(CNC(=O)c1cccc(Cl)c1Cl)c1ccccc1Cl. The van der Waals surface area contributed by atoms with Crippen molar-refractivity contribution in [1.82, 2.24) is 10.2 Å². The Bertz CT molecular complexity index is 704. The van der Waals surface area contributed by atoms with E-state index in [4.69, 9.17) is 34.8 Å². The number of hydrogen-bond acceptors (Lipinski definition) is 2. The van der Waals surface area contributed by atoms with Crippen LogP contribution in [0.1, 0.15) is 22.0 Å². The van der Waals surface area contributed by atoms with Crippen molar-refractivity contribution in [2.45, 2.75) is 6.04 Å². The van der Waals surface area contributed by atoms with Crippen LogP contribution in [0.3, 0.4) is 0 Å². The van der Waals surface area contributed by atoms with Crippen LogP contribution < -0.4 is 5.32 Å². The minimum absolute atomic E-state index is 0.0504. The van der Waals surface area contributed by atoms with Gasteiger partial charge >= 0.3 is 0 Å². The molecular formula is C17H17Cl3N2O. The van der Waals surface area contributed by atoms with Crippen LogP contribution >= 0.6 is 34.8 Å². The number of carbonyl (C=O) groups is 1. The van der Waals surface area contributed by atoms with E-state index in [0.29, 0.717) is 22.2 Å². The third-order valence-corrected chi connectivity index (χ3v) is 4.70. The van der Waals surface area contributed by atoms with E-state index in [0.717, 1.165) is 5.56 Å². The van der Waals surface area contributed by atoms with Crippen LogP contribution in [-0.2, 0) is 0 Å². The highest BCUT2D eigenvalue weighted by molar-refractivity contribution is 6.43. The third-order valence-electron chi connectivity index (χ3n) is 3.54. The standard InChI is InChI=1S/C17H17Cl3N2O/c1-22(2)15(11-6-3-4-8-13(11)18)10-21-17(23)12-7-5-9-14(19)16(12)20/h3-9,15H,10H2,1-2H3,(H,21,23). The summed E-state index contributed by atoms with van der Waals surface area (Å²) in [6.07, 6.45) is 0. The van der Waals surface area contributed by atoms with Crippen molar-refractivity contribution < 1.29 is 4.79 Å². The Morgan fingerprint density at radius 1 is 1.04 bits per heavy atom. The molecule has 2 aromatic carbocycles. The average Bonchev–Trinajstić information content (AvgIpc) is 2.51. The zero-order valence-corrected chi connectivity index (χ0v) is 15.1. The maximum Gasteiger partial charge on any atom is 0.252 e. The van der Waals surface area contributed by atoms with Crippen molar-refractivity contribution in [3.63, 3.8) is 0 Å². The molecule has 6 heteroatoms. The van der Waals surface area contributed by atoms with Crippen molar-refractivity contribution in [2.24, 2.45) is 0 Å². The third kappa shape index (κ3) is 4.39. The number of amides is 1. The summed E-state index contributed by atoms with van der Waals surface area (Å²) in [5.41, 5.74) is 1.31. The lowest BCUT2D eigenvalue weighted by molar-refractivity contribution is 0.0942. The number of carbonyl (C=O) groups excluding carboxylic acids is 1. The van der Waals surface area contributed by atoms with Gasteiger partial charge < -0.3 is 10.2 Å². The van der Waals surface area contributed by atoms with Crippen molar-refractivity contribution in [1.29, 1.82) is 0 Å². The number of nitrogens with one attached hydrogen (secondary N) is 1. The molecule has 3 nitrogen and oxygen atoms in total. The number of halogens is 3. The topological polar surface area (TPSA) is 32.3 Å². The second kappa shape index (κ2) is 8.02. The smallest absolute Gasteiger partial charge is 0.252 e. The first kappa shape index (κ1) is 18.1. The van der Waals surface area contributed by atoms with Gasteiger partial charge in [0.25, 0.3) is 5.91 Å². The Morgan fingerprint density at radius 2 is 1.70 bits per heavy atom. The van der Waals surface area contributed by atoms with Crippen LogP contribution in [0, 0.1) is 0 Å². The van der Waals surface area contributed by atoms with E-state index in [1.54, 1.807) is 18.2 Å². The molecule has 1 atom stereocenters. The first-order chi connectivity index (χ1) is 10.9. The molecule has 23 heavy (non-hydrogen) atoms. The molecule has 0 saturated heterocycles. The molecule has 0 aliphatic rings. The summed E-state index contributed by atoms with van der Waals surface area (Å²) in [4.78, 5) is 14.4. The fourth-order valence-corrected chi connectivity index (χ4v) is 2.93. The Balaban J connectivity index is 2.15. The van der Waals surface area contributed by atoms with Crippen molar-refractivity contribution >= 4 is 40.7 Å². The number of likely N-dealkylation sites (N-methyl/N-ethyl adjacent to an activating group) is 1. The molecule has 0 fully saturated rings. The van der Waals surface area contributed by atoms with Gasteiger partial charge in [-0.05, 0) is 37.9 Å². The average molecular weight is 372 g/mol. The summed E-state index contributed by atoms with van der Waals surface area (Å²) in [6.45, 7) is 0.401. The van der Waals surface area contributed by atoms with Gasteiger partial charge in [-0.25, -0.2) is 0 Å². The fourth-order valence-electron chi connectivity index (χ4n) is 2.28. The minimum Gasteiger partial charge on any atom is -0.350 e. The van der Waals surface area contributed by atoms with Crippen LogP contribution in [0.5, 0.6) is 0 Å². The normalized spacial score (nSPS) is 12.3. The maximum absolute atomic E-state index is 12.4. The number of rotatable bonds is 5. The number of benzene rings is 2. The van der Waals surface area contributed by atoms with E-state index >= 15 is 0 Å². The quantitative estimate of drug-likeness (QED) is 0.827. The predicted octanol–water partition coefficient (Wildman–Crippen LogP) is 4.68. The molecule has 1 unspecified atom stereocenters. The molecule has 2 rings (SSSR count). The summed E-state index contributed by atoms with van der Waals surface area (Å²) < 4.78 is 0. The maximum atomic E-state index is 12.4. The zero-order valence-electron chi connectivity index (χ0n) is 12.8. The van der Waals surface area contributed by atoms with E-state index in [1.807, 2.05) is 43.3 Å². The van der Waals surface area contributed by atoms with Crippen LogP contribution in [0.2, 0.25) is 15.1 Å². The molecule has 1 amide bonds. The fraction of sp³-hybridized carbons (Fsp3) is 0.235. The van der Waals surface area contributed by atoms with Gasteiger partial charge in [-0.3, -0.25) is 4.79 Å². The highest BCUT2D eigenvalue weighted by atomic mass is 35.5. The predicted molar refractivity (Wildman–Crippen MR) is 96.7 cm³/mol. The van der Waals surface area contributed by atoms with Crippen molar-refractivity contribution in [2.75, 3.05) is 20.6 Å². The lowest BCUT2D eigenvalue weighted by atomic mass is 10.1. The van der Waals surface area contributed by atoms with Gasteiger partial charge in [-0.15, -0.1) is 0 Å². The lowest BCUT2D eigenvalue weighted by Gasteiger charge is -2.26. The Morgan fingerprint density at radius 3 is 2.35 bits per heavy atom. The zero-order chi connectivity index (χ0) is 17.0. The molecule has 0 heterocycles. The van der Waals surface area contributed by atoms with E-state index in [-0.39, 0.29) is 17.0 Å². The molecule has 0 bridgehead atoms. The highest BCUT2D eigenvalue weighted by Gasteiger charge is 2.19. The van der Waals surface area contributed by atoms with Crippen LogP contribution in [0.15, 0.2) is 42.5 Å². The molecule has 0 spiro atoms. The van der Waals surface area contributed by atoms with E-state index in [2.05, 4.69) is 5.32 Å². The van der Waals surface area contributed by atoms with Crippen LogP contribution in [0.25, 0.3) is 0 Å². The largest absolute Gasteiger partial charge is 0.350 e. The van der Waals surface area contributed by atoms with E-state index < -0.39 is 0 Å². The first-order valence-electron chi connectivity index (χ1n) is 7.05. The minimum atomic E-state index is -0.267. The number of nitrogens with zero attached hydrogens (tertiary/aromatic N) is 1. The lowest BCUT2D eigenvalue weighted by Crippen LogP contribution is -2.34. The van der Waals surface area contributed by atoms with Crippen molar-refractivity contribution in [3.8, 4) is 0 Å². The summed E-state index contributed by atoms with van der Waals surface area (Å²) in [7, 11) is 3.87. The van der Waals surface area contributed by atoms with Gasteiger partial charge in [0.15, 0.2) is 0 Å². The highest BCUT2D eigenvalue weighted by Crippen LogP contribution is 2.27. The molecule has 2 aromatic rings. The number of hydrogen-bond donors (Lipinski definition) is 1. The van der Waals surface area contributed by atoms with Gasteiger partial charge in [0, 0.05) is 11.6 Å². The molecule has 0 radical (unpaired) electrons. The summed E-state index contributed by atoms with van der Waals surface area (Å²) in [5.74, 6) is -0.267. The van der Waals surface area contributed by atoms with Gasteiger partial charge in [-0.1, -0.05) is 59.1 Å². The van der Waals surface area contributed by atoms with Crippen LogP contribution in [0.4, 0.5) is 0 Å². The molecule has 0 aliphatic heterocycles. The molecule has 0 saturated carbocycles. The summed E-state index contributed by atoms with van der Waals surface area (Å²) in [6, 6.07) is 12.5. The summed E-state index contributed by atoms with van der Waals surface area (Å²) >= 11 is 18.3. The molecular weight excluding hydrogens is 355 g/mol. The van der Waals surface area contributed by atoms with Gasteiger partial charge in [0.2, 0.25) is 0 Å². The monoisotopic (exact) mass is 370 g/mol. The Kier molecular flexibility index (Phi) is 6.31. The van der Waals surface area contributed by atoms with Crippen molar-refractivity contribution in [3.05, 3.63) is 68.7 Å². The second-order valence-electron chi connectivity index (χ2n) is 5.31. The molecule has 1 N–H and O–H groups in total. The Labute approximate surface area is 151 Å². The van der Waals surface area contributed by atoms with E-state index in [9.17, 15) is 4.79 Å². The van der Waals surface area contributed by atoms with E-state index in [1.165, 1.54) is 0 Å². The first-order valence-corrected chi connectivity index (χ1v) is 8.18. The molecule has 122 valence electrons. The van der Waals surface area contributed by atoms with Crippen LogP contribution in [-0.4, -0.2) is 31.4 Å². The second-order valence-corrected chi connectivity index (χ2v) is 6.50. The molecule has 0 aliphatic carbocycles.